The highest BCUT2D eigenvalue weighted by Crippen LogP contribution is 2.40. The van der Waals surface area contributed by atoms with Crippen LogP contribution in [0.4, 0.5) is 5.69 Å². The number of nitrogens with one attached hydrogen (secondary N) is 1. The number of thioether (sulfide) groups is 1. The lowest BCUT2D eigenvalue weighted by Gasteiger charge is -2.13. The summed E-state index contributed by atoms with van der Waals surface area (Å²) in [5, 5.41) is 20.6. The van der Waals surface area contributed by atoms with Gasteiger partial charge < -0.3 is 14.9 Å². The number of ether oxygens (including phenoxy) is 1. The van der Waals surface area contributed by atoms with Crippen molar-refractivity contribution in [2.24, 2.45) is 0 Å². The zero-order valence-electron chi connectivity index (χ0n) is 16.7. The third-order valence-electron chi connectivity index (χ3n) is 4.47. The second-order valence-corrected chi connectivity index (χ2v) is 10.7. The number of carboxylic acid groups (broad SMARTS) is 1. The fourth-order valence-corrected chi connectivity index (χ4v) is 6.28. The number of carboxylic acids is 1. The Labute approximate surface area is 191 Å². The van der Waals surface area contributed by atoms with Gasteiger partial charge in [0.15, 0.2) is 5.75 Å². The summed E-state index contributed by atoms with van der Waals surface area (Å²) in [5.74, 6) is -0.892. The third kappa shape index (κ3) is 4.45. The molecule has 3 N–H and O–H groups in total. The molecule has 2 heterocycles. The van der Waals surface area contributed by atoms with E-state index in [9.17, 15) is 18.3 Å². The molecule has 0 radical (unpaired) electrons. The van der Waals surface area contributed by atoms with Gasteiger partial charge in [-0.05, 0) is 54.8 Å². The monoisotopic (exact) mass is 490 g/mol. The first-order chi connectivity index (χ1) is 15.3. The van der Waals surface area contributed by atoms with Crippen LogP contribution >= 0.6 is 23.1 Å². The number of aromatic nitrogens is 1. The Morgan fingerprint density at radius 2 is 2.06 bits per heavy atom. The zero-order valence-corrected chi connectivity index (χ0v) is 19.2. The average molecular weight is 491 g/mol. The Bertz CT molecular complexity index is 1430. The largest absolute Gasteiger partial charge is 0.505 e. The van der Waals surface area contributed by atoms with Crippen LogP contribution in [0, 0.1) is 0 Å². The highest BCUT2D eigenvalue weighted by Gasteiger charge is 2.22. The van der Waals surface area contributed by atoms with Crippen LogP contribution in [0.5, 0.6) is 11.5 Å². The number of nitrogens with zero attached hydrogens (tertiary/aromatic N) is 1. The van der Waals surface area contributed by atoms with Crippen LogP contribution in [0.3, 0.4) is 0 Å². The van der Waals surface area contributed by atoms with E-state index in [1.54, 1.807) is 30.3 Å². The molecule has 0 saturated heterocycles. The predicted octanol–water partition coefficient (Wildman–Crippen LogP) is 4.53. The summed E-state index contributed by atoms with van der Waals surface area (Å²) >= 11 is 2.00. The number of aliphatic carboxylic acids is 1. The summed E-state index contributed by atoms with van der Waals surface area (Å²) in [6.45, 7) is 2.38. The van der Waals surface area contributed by atoms with Crippen LogP contribution in [0.25, 0.3) is 21.0 Å². The van der Waals surface area contributed by atoms with Crippen LogP contribution in [-0.4, -0.2) is 41.9 Å². The summed E-state index contributed by atoms with van der Waals surface area (Å²) in [6, 6.07) is 11.6. The minimum Gasteiger partial charge on any atom is -0.505 e. The van der Waals surface area contributed by atoms with E-state index in [1.165, 1.54) is 12.3 Å². The number of anilines is 1. The van der Waals surface area contributed by atoms with Crippen molar-refractivity contribution < 1.29 is 28.2 Å². The zero-order chi connectivity index (χ0) is 22.9. The number of fused-ring (bicyclic) bond motifs is 2. The van der Waals surface area contributed by atoms with Gasteiger partial charge in [-0.15, -0.1) is 23.1 Å². The summed E-state index contributed by atoms with van der Waals surface area (Å²) in [6.07, 6.45) is 1.47. The van der Waals surface area contributed by atoms with Gasteiger partial charge in [0, 0.05) is 16.3 Å². The quantitative estimate of drug-likeness (QED) is 0.243. The maximum atomic E-state index is 13.2. The van der Waals surface area contributed by atoms with Gasteiger partial charge in [0.1, 0.15) is 15.5 Å². The lowest BCUT2D eigenvalue weighted by molar-refractivity contribution is -0.133. The SMILES string of the molecule is CCOc1ccc2sc(S(=O)(=O)Nc3cc(SCC(=O)O)c(O)c4ncccc34)cc2c1. The number of aromatic hydroxyl groups is 1. The number of hydrogen-bond acceptors (Lipinski definition) is 8. The fourth-order valence-electron chi connectivity index (χ4n) is 3.12. The topological polar surface area (TPSA) is 126 Å². The molecule has 2 aromatic heterocycles. The smallest absolute Gasteiger partial charge is 0.313 e. The molecule has 11 heteroatoms. The molecule has 166 valence electrons. The van der Waals surface area contributed by atoms with E-state index in [2.05, 4.69) is 9.71 Å². The van der Waals surface area contributed by atoms with Crippen molar-refractivity contribution in [3.8, 4) is 11.5 Å². The number of benzene rings is 2. The highest BCUT2D eigenvalue weighted by molar-refractivity contribution is 8.00. The number of thiophene rings is 1. The number of carbonyl (C=O) groups is 1. The van der Waals surface area contributed by atoms with Gasteiger partial charge in [-0.3, -0.25) is 14.5 Å². The molecule has 0 amide bonds. The molecule has 0 bridgehead atoms. The molecule has 32 heavy (non-hydrogen) atoms. The Morgan fingerprint density at radius 3 is 2.81 bits per heavy atom. The van der Waals surface area contributed by atoms with Crippen LogP contribution in [-0.2, 0) is 14.8 Å². The molecule has 0 aliphatic rings. The van der Waals surface area contributed by atoms with Crippen molar-refractivity contribution >= 4 is 65.8 Å². The van der Waals surface area contributed by atoms with Crippen molar-refractivity contribution in [1.29, 1.82) is 0 Å². The van der Waals surface area contributed by atoms with Crippen molar-refractivity contribution in [1.82, 2.24) is 4.98 Å². The van der Waals surface area contributed by atoms with Crippen LogP contribution < -0.4 is 9.46 Å². The van der Waals surface area contributed by atoms with Gasteiger partial charge in [0.25, 0.3) is 10.0 Å². The summed E-state index contributed by atoms with van der Waals surface area (Å²) in [4.78, 5) is 15.3. The number of phenols is 1. The maximum Gasteiger partial charge on any atom is 0.313 e. The summed E-state index contributed by atoms with van der Waals surface area (Å²) in [5.41, 5.74) is 0.379. The molecule has 8 nitrogen and oxygen atoms in total. The molecule has 2 aromatic carbocycles. The normalized spacial score (nSPS) is 11.7. The van der Waals surface area contributed by atoms with E-state index in [1.807, 2.05) is 13.0 Å². The minimum absolute atomic E-state index is 0.117. The molecule has 0 aliphatic carbocycles. The molecule has 4 rings (SSSR count). The molecule has 0 spiro atoms. The fraction of sp³-hybridized carbons (Fsp3) is 0.143. The summed E-state index contributed by atoms with van der Waals surface area (Å²) < 4.78 is 35.3. The van der Waals surface area contributed by atoms with Gasteiger partial charge >= 0.3 is 5.97 Å². The third-order valence-corrected chi connectivity index (χ3v) is 8.44. The van der Waals surface area contributed by atoms with Gasteiger partial charge in [0.05, 0.1) is 22.9 Å². The minimum atomic E-state index is -3.96. The lowest BCUT2D eigenvalue weighted by Crippen LogP contribution is -2.12. The Morgan fingerprint density at radius 1 is 1.25 bits per heavy atom. The van der Waals surface area contributed by atoms with E-state index >= 15 is 0 Å². The molecule has 0 saturated carbocycles. The first-order valence-electron chi connectivity index (χ1n) is 9.43. The van der Waals surface area contributed by atoms with Crippen molar-refractivity contribution in [3.63, 3.8) is 0 Å². The van der Waals surface area contributed by atoms with E-state index in [-0.39, 0.29) is 31.8 Å². The highest BCUT2D eigenvalue weighted by atomic mass is 32.2. The predicted molar refractivity (Wildman–Crippen MR) is 126 cm³/mol. The number of pyridine rings is 1. The van der Waals surface area contributed by atoms with Gasteiger partial charge in [0.2, 0.25) is 0 Å². The van der Waals surface area contributed by atoms with E-state index < -0.39 is 16.0 Å². The van der Waals surface area contributed by atoms with Gasteiger partial charge in [-0.25, -0.2) is 8.42 Å². The molecular weight excluding hydrogens is 472 g/mol. The van der Waals surface area contributed by atoms with Gasteiger partial charge in [-0.1, -0.05) is 0 Å². The van der Waals surface area contributed by atoms with E-state index in [0.29, 0.717) is 17.7 Å². The van der Waals surface area contributed by atoms with Crippen LogP contribution in [0.15, 0.2) is 57.8 Å². The molecule has 0 unspecified atom stereocenters. The second kappa shape index (κ2) is 8.85. The average Bonchev–Trinajstić information content (AvgIpc) is 3.19. The van der Waals surface area contributed by atoms with Gasteiger partial charge in [-0.2, -0.15) is 0 Å². The van der Waals surface area contributed by atoms with E-state index in [4.69, 9.17) is 9.84 Å². The molecule has 0 atom stereocenters. The Balaban J connectivity index is 1.75. The van der Waals surface area contributed by atoms with Crippen molar-refractivity contribution in [3.05, 3.63) is 48.7 Å². The lowest BCUT2D eigenvalue weighted by atomic mass is 10.1. The standard InChI is InChI=1S/C21H18N2O6S3/c1-2-29-13-5-6-16-12(8-13)9-19(31-16)32(27,28)23-15-10-17(30-11-18(24)25)21(26)20-14(15)4-3-7-22-20/h3-10,23,26H,2,11H2,1H3,(H,24,25). The first-order valence-corrected chi connectivity index (χ1v) is 12.7. The van der Waals surface area contributed by atoms with Crippen LogP contribution in [0.2, 0.25) is 0 Å². The maximum absolute atomic E-state index is 13.2. The summed E-state index contributed by atoms with van der Waals surface area (Å²) in [7, 11) is -3.96. The second-order valence-electron chi connectivity index (χ2n) is 6.66. The first kappa shape index (κ1) is 22.2. The molecule has 4 aromatic rings. The number of sulfonamides is 1. The van der Waals surface area contributed by atoms with Crippen molar-refractivity contribution in [2.75, 3.05) is 17.1 Å². The Kier molecular flexibility index (Phi) is 6.13. The Hall–Kier alpha value is -3.02. The molecule has 0 aliphatic heterocycles. The molecule has 0 fully saturated rings. The number of hydrogen-bond donors (Lipinski definition) is 3. The van der Waals surface area contributed by atoms with Crippen molar-refractivity contribution in [2.45, 2.75) is 16.0 Å². The van der Waals surface area contributed by atoms with Crippen LogP contribution in [0.1, 0.15) is 6.92 Å². The molecular formula is C21H18N2O6S3. The van der Waals surface area contributed by atoms with E-state index in [0.717, 1.165) is 33.2 Å². The number of rotatable bonds is 8. The number of phenolic OH excluding ortho intramolecular Hbond substituents is 1.